The minimum absolute atomic E-state index is 0.277. The van der Waals surface area contributed by atoms with Crippen molar-refractivity contribution >= 4 is 25.4 Å². The van der Waals surface area contributed by atoms with Gasteiger partial charge < -0.3 is 5.73 Å². The highest BCUT2D eigenvalue weighted by molar-refractivity contribution is 8.72. The van der Waals surface area contributed by atoms with E-state index in [1.807, 2.05) is 0 Å². The molecule has 0 bridgehead atoms. The fraction of sp³-hybridized carbons (Fsp3) is 0.250. The lowest BCUT2D eigenvalue weighted by atomic mass is 10.3. The van der Waals surface area contributed by atoms with Crippen molar-refractivity contribution in [3.8, 4) is 0 Å². The zero-order valence-electron chi connectivity index (χ0n) is 7.23. The fourth-order valence-electron chi connectivity index (χ4n) is 0.893. The Morgan fingerprint density at radius 3 is 2.69 bits per heavy atom. The molecule has 0 amide bonds. The molecule has 0 aliphatic carbocycles. The van der Waals surface area contributed by atoms with Crippen LogP contribution in [-0.2, 0) is 8.87 Å². The van der Waals surface area contributed by atoms with Crippen LogP contribution in [0.4, 0.5) is 5.69 Å². The van der Waals surface area contributed by atoms with Crippen LogP contribution in [0.15, 0.2) is 29.2 Å². The Labute approximate surface area is 81.6 Å². The Bertz CT molecular complexity index is 387. The third kappa shape index (κ3) is 2.63. The lowest BCUT2D eigenvalue weighted by Crippen LogP contribution is -1.96. The SMILES string of the molecule is CCSS(=O)(=O)c1cccc(N)c1. The number of anilines is 1. The van der Waals surface area contributed by atoms with E-state index in [9.17, 15) is 8.42 Å². The van der Waals surface area contributed by atoms with E-state index in [0.717, 1.165) is 10.8 Å². The summed E-state index contributed by atoms with van der Waals surface area (Å²) in [5, 5.41) is 0. The second-order valence-corrected chi connectivity index (χ2v) is 6.65. The minimum atomic E-state index is -3.20. The summed E-state index contributed by atoms with van der Waals surface area (Å²) < 4.78 is 23.0. The number of benzene rings is 1. The monoisotopic (exact) mass is 217 g/mol. The molecule has 0 spiro atoms. The van der Waals surface area contributed by atoms with Gasteiger partial charge in [0.15, 0.2) is 0 Å². The van der Waals surface area contributed by atoms with Gasteiger partial charge in [-0.25, -0.2) is 8.42 Å². The number of rotatable bonds is 3. The zero-order valence-corrected chi connectivity index (χ0v) is 8.86. The van der Waals surface area contributed by atoms with Crippen LogP contribution in [0.3, 0.4) is 0 Å². The molecule has 0 unspecified atom stereocenters. The van der Waals surface area contributed by atoms with Crippen molar-refractivity contribution in [2.24, 2.45) is 0 Å². The Kier molecular flexibility index (Phi) is 3.22. The van der Waals surface area contributed by atoms with E-state index in [2.05, 4.69) is 0 Å². The van der Waals surface area contributed by atoms with E-state index < -0.39 is 8.87 Å². The second kappa shape index (κ2) is 4.02. The predicted octanol–water partition coefficient (Wildman–Crippen LogP) is 1.71. The molecular weight excluding hydrogens is 206 g/mol. The van der Waals surface area contributed by atoms with E-state index >= 15 is 0 Å². The molecule has 1 aromatic rings. The fourth-order valence-corrected chi connectivity index (χ4v) is 3.52. The van der Waals surface area contributed by atoms with Gasteiger partial charge in [0.1, 0.15) is 0 Å². The van der Waals surface area contributed by atoms with Gasteiger partial charge in [0.25, 0.3) is 0 Å². The summed E-state index contributed by atoms with van der Waals surface area (Å²) in [7, 11) is -2.28. The summed E-state index contributed by atoms with van der Waals surface area (Å²) in [6, 6.07) is 6.32. The highest BCUT2D eigenvalue weighted by Crippen LogP contribution is 2.23. The maximum absolute atomic E-state index is 11.5. The number of hydrogen-bond donors (Lipinski definition) is 1. The van der Waals surface area contributed by atoms with Crippen molar-refractivity contribution in [2.45, 2.75) is 11.8 Å². The molecule has 0 aliphatic heterocycles. The second-order valence-electron chi connectivity index (χ2n) is 2.43. The maximum Gasteiger partial charge on any atom is 0.230 e. The summed E-state index contributed by atoms with van der Waals surface area (Å²) in [6.45, 7) is 1.80. The molecule has 0 aromatic heterocycles. The first-order chi connectivity index (χ1) is 6.06. The molecule has 0 saturated heterocycles. The molecule has 0 aliphatic rings. The summed E-state index contributed by atoms with van der Waals surface area (Å²) in [5.41, 5.74) is 5.95. The average molecular weight is 217 g/mol. The molecule has 5 heteroatoms. The minimum Gasteiger partial charge on any atom is -0.399 e. The lowest BCUT2D eigenvalue weighted by molar-refractivity contribution is 0.610. The van der Waals surface area contributed by atoms with Gasteiger partial charge in [-0.3, -0.25) is 0 Å². The molecular formula is C8H11NO2S2. The average Bonchev–Trinajstić information content (AvgIpc) is 2.04. The van der Waals surface area contributed by atoms with Crippen LogP contribution in [0.2, 0.25) is 0 Å². The largest absolute Gasteiger partial charge is 0.399 e. The molecule has 72 valence electrons. The van der Waals surface area contributed by atoms with Gasteiger partial charge in [-0.1, -0.05) is 13.0 Å². The molecule has 0 saturated carbocycles. The highest BCUT2D eigenvalue weighted by Gasteiger charge is 2.13. The summed E-state index contributed by atoms with van der Waals surface area (Å²) in [4.78, 5) is 0.277. The van der Waals surface area contributed by atoms with Crippen LogP contribution in [0.25, 0.3) is 0 Å². The van der Waals surface area contributed by atoms with Crippen LogP contribution in [-0.4, -0.2) is 14.2 Å². The van der Waals surface area contributed by atoms with E-state index in [1.165, 1.54) is 6.07 Å². The van der Waals surface area contributed by atoms with Gasteiger partial charge in [-0.15, -0.1) is 0 Å². The Morgan fingerprint density at radius 2 is 2.15 bits per heavy atom. The molecule has 13 heavy (non-hydrogen) atoms. The van der Waals surface area contributed by atoms with Gasteiger partial charge in [0.2, 0.25) is 8.87 Å². The third-order valence-electron chi connectivity index (χ3n) is 1.42. The Morgan fingerprint density at radius 1 is 1.46 bits per heavy atom. The van der Waals surface area contributed by atoms with Gasteiger partial charge in [0.05, 0.1) is 4.90 Å². The van der Waals surface area contributed by atoms with Crippen LogP contribution >= 0.6 is 10.8 Å². The number of nitrogen functional groups attached to an aromatic ring is 1. The molecule has 2 N–H and O–H groups in total. The number of hydrogen-bond acceptors (Lipinski definition) is 4. The van der Waals surface area contributed by atoms with Gasteiger partial charge in [0, 0.05) is 11.4 Å². The summed E-state index contributed by atoms with van der Waals surface area (Å²) in [5.74, 6) is 0.539. The highest BCUT2D eigenvalue weighted by atomic mass is 33.1. The normalized spacial score (nSPS) is 11.5. The topological polar surface area (TPSA) is 60.2 Å². The Balaban J connectivity index is 3.08. The molecule has 0 fully saturated rings. The van der Waals surface area contributed by atoms with Crippen LogP contribution in [0.1, 0.15) is 6.92 Å². The van der Waals surface area contributed by atoms with Crippen molar-refractivity contribution in [1.82, 2.24) is 0 Å². The first kappa shape index (κ1) is 10.4. The van der Waals surface area contributed by atoms with E-state index in [0.29, 0.717) is 11.4 Å². The number of nitrogens with two attached hydrogens (primary N) is 1. The standard InChI is InChI=1S/C8H11NO2S2/c1-2-12-13(10,11)8-5-3-4-7(9)6-8/h3-6H,2,9H2,1H3. The van der Waals surface area contributed by atoms with Crippen molar-refractivity contribution in [3.63, 3.8) is 0 Å². The van der Waals surface area contributed by atoms with Crippen molar-refractivity contribution in [2.75, 3.05) is 11.5 Å². The van der Waals surface area contributed by atoms with Crippen LogP contribution < -0.4 is 5.73 Å². The summed E-state index contributed by atoms with van der Waals surface area (Å²) in [6.07, 6.45) is 0. The molecule has 1 rings (SSSR count). The van der Waals surface area contributed by atoms with Crippen LogP contribution in [0.5, 0.6) is 0 Å². The zero-order chi connectivity index (χ0) is 9.90. The lowest BCUT2D eigenvalue weighted by Gasteiger charge is -2.01. The maximum atomic E-state index is 11.5. The first-order valence-electron chi connectivity index (χ1n) is 3.81. The van der Waals surface area contributed by atoms with Gasteiger partial charge in [-0.2, -0.15) is 0 Å². The van der Waals surface area contributed by atoms with Gasteiger partial charge in [-0.05, 0) is 29.0 Å². The molecule has 3 nitrogen and oxygen atoms in total. The molecule has 1 aromatic carbocycles. The van der Waals surface area contributed by atoms with E-state index in [1.54, 1.807) is 25.1 Å². The predicted molar refractivity (Wildman–Crippen MR) is 56.2 cm³/mol. The molecule has 0 heterocycles. The van der Waals surface area contributed by atoms with Gasteiger partial charge >= 0.3 is 0 Å². The first-order valence-corrected chi connectivity index (χ1v) is 6.80. The molecule has 0 radical (unpaired) electrons. The van der Waals surface area contributed by atoms with E-state index in [-0.39, 0.29) is 4.90 Å². The van der Waals surface area contributed by atoms with E-state index in [4.69, 9.17) is 5.73 Å². The van der Waals surface area contributed by atoms with Crippen molar-refractivity contribution in [1.29, 1.82) is 0 Å². The summed E-state index contributed by atoms with van der Waals surface area (Å²) >= 11 is 0. The van der Waals surface area contributed by atoms with Crippen molar-refractivity contribution < 1.29 is 8.42 Å². The third-order valence-corrected chi connectivity index (χ3v) is 5.01. The molecule has 0 atom stereocenters. The Hall–Kier alpha value is -0.680. The quantitative estimate of drug-likeness (QED) is 0.618. The van der Waals surface area contributed by atoms with Crippen LogP contribution in [0, 0.1) is 0 Å². The smallest absolute Gasteiger partial charge is 0.230 e. The van der Waals surface area contributed by atoms with Crippen molar-refractivity contribution in [3.05, 3.63) is 24.3 Å².